The summed E-state index contributed by atoms with van der Waals surface area (Å²) in [5.74, 6) is 1.83. The monoisotopic (exact) mass is 350 g/mol. The van der Waals surface area contributed by atoms with Gasteiger partial charge in [-0.3, -0.25) is 4.79 Å². The molecule has 2 heterocycles. The molecule has 1 amide bonds. The normalized spacial score (nSPS) is 11.0. The summed E-state index contributed by atoms with van der Waals surface area (Å²) in [5, 5.41) is 12.4. The van der Waals surface area contributed by atoms with E-state index in [0.717, 1.165) is 47.1 Å². The van der Waals surface area contributed by atoms with E-state index in [1.165, 1.54) is 0 Å². The van der Waals surface area contributed by atoms with Crippen LogP contribution in [-0.2, 0) is 11.3 Å². The van der Waals surface area contributed by atoms with E-state index in [0.29, 0.717) is 19.5 Å². The van der Waals surface area contributed by atoms with Crippen molar-refractivity contribution >= 4 is 34.5 Å². The van der Waals surface area contributed by atoms with E-state index in [1.807, 2.05) is 11.6 Å². The highest BCUT2D eigenvalue weighted by atomic mass is 32.2. The van der Waals surface area contributed by atoms with Crippen LogP contribution in [-0.4, -0.2) is 44.5 Å². The molecular weight excluding hydrogens is 324 g/mol. The lowest BCUT2D eigenvalue weighted by Gasteiger charge is -2.09. The maximum atomic E-state index is 11.6. The van der Waals surface area contributed by atoms with Gasteiger partial charge in [0, 0.05) is 19.5 Å². The number of thioether (sulfide) groups is 1. The first-order valence-electron chi connectivity index (χ1n) is 8.56. The van der Waals surface area contributed by atoms with Crippen molar-refractivity contribution in [2.45, 2.75) is 51.7 Å². The molecule has 0 atom stereocenters. The Kier molecular flexibility index (Phi) is 7.30. The zero-order valence-corrected chi connectivity index (χ0v) is 15.4. The molecule has 0 saturated carbocycles. The smallest absolute Gasteiger partial charge is 0.220 e. The summed E-state index contributed by atoms with van der Waals surface area (Å²) in [7, 11) is 0. The summed E-state index contributed by atoms with van der Waals surface area (Å²) >= 11 is 1.61. The molecule has 7 nitrogen and oxygen atoms in total. The second kappa shape index (κ2) is 9.46. The number of carbonyl (C=O) groups is 1. The minimum atomic E-state index is 0.0797. The maximum absolute atomic E-state index is 11.6. The van der Waals surface area contributed by atoms with Gasteiger partial charge in [0.25, 0.3) is 0 Å². The standard InChI is InChI=1S/C16H26N6OS/c1-4-7-13(23)17-9-10-22-15-12(11-19-22)14(18-8-5-2)20-16(21-15)24-6-3/h11H,4-10H2,1-3H3,(H,17,23)(H,18,20,21). The minimum Gasteiger partial charge on any atom is -0.369 e. The fourth-order valence-electron chi connectivity index (χ4n) is 2.29. The van der Waals surface area contributed by atoms with Gasteiger partial charge in [-0.1, -0.05) is 32.5 Å². The second-order valence-corrected chi connectivity index (χ2v) is 6.65. The number of amides is 1. The molecule has 0 aromatic carbocycles. The zero-order valence-electron chi connectivity index (χ0n) is 14.6. The maximum Gasteiger partial charge on any atom is 0.220 e. The molecule has 0 radical (unpaired) electrons. The van der Waals surface area contributed by atoms with E-state index >= 15 is 0 Å². The van der Waals surface area contributed by atoms with E-state index < -0.39 is 0 Å². The van der Waals surface area contributed by atoms with Crippen molar-refractivity contribution in [2.24, 2.45) is 0 Å². The van der Waals surface area contributed by atoms with Gasteiger partial charge in [-0.2, -0.15) is 5.10 Å². The fourth-order valence-corrected chi connectivity index (χ4v) is 2.85. The first kappa shape index (κ1) is 18.5. The van der Waals surface area contributed by atoms with E-state index in [2.05, 4.69) is 39.5 Å². The van der Waals surface area contributed by atoms with Gasteiger partial charge in [0.2, 0.25) is 5.91 Å². The molecule has 0 unspecified atom stereocenters. The molecule has 24 heavy (non-hydrogen) atoms. The summed E-state index contributed by atoms with van der Waals surface area (Å²) in [5.41, 5.74) is 0.810. The Labute approximate surface area is 147 Å². The van der Waals surface area contributed by atoms with Crippen LogP contribution in [0.15, 0.2) is 11.4 Å². The summed E-state index contributed by atoms with van der Waals surface area (Å²) in [4.78, 5) is 20.8. The number of fused-ring (bicyclic) bond motifs is 1. The number of anilines is 1. The fraction of sp³-hybridized carbons (Fsp3) is 0.625. The molecule has 0 bridgehead atoms. The largest absolute Gasteiger partial charge is 0.369 e. The van der Waals surface area contributed by atoms with Gasteiger partial charge in [-0.05, 0) is 18.6 Å². The SMILES string of the molecule is CCCNc1nc(SCC)nc2c1cnn2CCNC(=O)CCC. The quantitative estimate of drug-likeness (QED) is 0.506. The Morgan fingerprint density at radius 1 is 1.21 bits per heavy atom. The molecule has 0 aliphatic rings. The Morgan fingerprint density at radius 3 is 2.75 bits per heavy atom. The Balaban J connectivity index is 2.18. The number of rotatable bonds is 10. The molecule has 0 aliphatic heterocycles. The van der Waals surface area contributed by atoms with Crippen molar-refractivity contribution in [1.82, 2.24) is 25.1 Å². The lowest BCUT2D eigenvalue weighted by Crippen LogP contribution is -2.27. The zero-order chi connectivity index (χ0) is 17.4. The molecule has 0 saturated heterocycles. The van der Waals surface area contributed by atoms with Crippen LogP contribution < -0.4 is 10.6 Å². The molecule has 0 fully saturated rings. The second-order valence-electron chi connectivity index (χ2n) is 5.42. The Hall–Kier alpha value is -1.83. The van der Waals surface area contributed by atoms with E-state index in [9.17, 15) is 4.79 Å². The van der Waals surface area contributed by atoms with Crippen LogP contribution in [0.2, 0.25) is 0 Å². The summed E-state index contributed by atoms with van der Waals surface area (Å²) in [6.07, 6.45) is 4.24. The average Bonchev–Trinajstić information content (AvgIpc) is 2.96. The molecule has 8 heteroatoms. The molecule has 0 spiro atoms. The number of hydrogen-bond donors (Lipinski definition) is 2. The highest BCUT2D eigenvalue weighted by Crippen LogP contribution is 2.24. The average molecular weight is 350 g/mol. The van der Waals surface area contributed by atoms with Crippen molar-refractivity contribution in [1.29, 1.82) is 0 Å². The van der Waals surface area contributed by atoms with Gasteiger partial charge in [0.15, 0.2) is 10.8 Å². The third-order valence-corrected chi connectivity index (χ3v) is 4.14. The van der Waals surface area contributed by atoms with Crippen molar-refractivity contribution < 1.29 is 4.79 Å². The third kappa shape index (κ3) is 4.83. The van der Waals surface area contributed by atoms with Gasteiger partial charge in [-0.15, -0.1) is 0 Å². The van der Waals surface area contributed by atoms with Crippen LogP contribution in [0.3, 0.4) is 0 Å². The highest BCUT2D eigenvalue weighted by molar-refractivity contribution is 7.99. The van der Waals surface area contributed by atoms with Gasteiger partial charge in [-0.25, -0.2) is 14.6 Å². The summed E-state index contributed by atoms with van der Waals surface area (Å²) in [6.45, 7) is 8.20. The molecule has 2 aromatic rings. The predicted molar refractivity (Wildman–Crippen MR) is 98.4 cm³/mol. The van der Waals surface area contributed by atoms with Crippen molar-refractivity contribution in [2.75, 3.05) is 24.2 Å². The molecule has 2 aromatic heterocycles. The Morgan fingerprint density at radius 2 is 2.04 bits per heavy atom. The topological polar surface area (TPSA) is 84.7 Å². The number of hydrogen-bond acceptors (Lipinski definition) is 6. The van der Waals surface area contributed by atoms with Crippen LogP contribution in [0.5, 0.6) is 0 Å². The Bertz CT molecular complexity index is 672. The lowest BCUT2D eigenvalue weighted by molar-refractivity contribution is -0.121. The van der Waals surface area contributed by atoms with Gasteiger partial charge >= 0.3 is 0 Å². The molecule has 2 rings (SSSR count). The van der Waals surface area contributed by atoms with E-state index in [1.54, 1.807) is 18.0 Å². The van der Waals surface area contributed by atoms with Crippen LogP contribution in [0.1, 0.15) is 40.0 Å². The van der Waals surface area contributed by atoms with Crippen molar-refractivity contribution in [3.8, 4) is 0 Å². The van der Waals surface area contributed by atoms with Crippen LogP contribution in [0.4, 0.5) is 5.82 Å². The number of aromatic nitrogens is 4. The van der Waals surface area contributed by atoms with Gasteiger partial charge < -0.3 is 10.6 Å². The molecule has 132 valence electrons. The summed E-state index contributed by atoms with van der Waals surface area (Å²) in [6, 6.07) is 0. The highest BCUT2D eigenvalue weighted by Gasteiger charge is 2.13. The molecular formula is C16H26N6OS. The number of carbonyl (C=O) groups excluding carboxylic acids is 1. The van der Waals surface area contributed by atoms with Gasteiger partial charge in [0.1, 0.15) is 5.82 Å². The summed E-state index contributed by atoms with van der Waals surface area (Å²) < 4.78 is 1.83. The van der Waals surface area contributed by atoms with E-state index in [4.69, 9.17) is 0 Å². The third-order valence-electron chi connectivity index (χ3n) is 3.41. The predicted octanol–water partition coefficient (Wildman–Crippen LogP) is 2.68. The van der Waals surface area contributed by atoms with Crippen molar-refractivity contribution in [3.63, 3.8) is 0 Å². The molecule has 2 N–H and O–H groups in total. The lowest BCUT2D eigenvalue weighted by atomic mass is 10.3. The van der Waals surface area contributed by atoms with Crippen LogP contribution in [0.25, 0.3) is 11.0 Å². The minimum absolute atomic E-state index is 0.0797. The van der Waals surface area contributed by atoms with Crippen LogP contribution >= 0.6 is 11.8 Å². The first-order valence-corrected chi connectivity index (χ1v) is 9.55. The number of nitrogens with zero attached hydrogens (tertiary/aromatic N) is 4. The van der Waals surface area contributed by atoms with Gasteiger partial charge in [0.05, 0.1) is 18.1 Å². The van der Waals surface area contributed by atoms with E-state index in [-0.39, 0.29) is 5.91 Å². The molecule has 0 aliphatic carbocycles. The first-order chi connectivity index (χ1) is 11.7. The van der Waals surface area contributed by atoms with Crippen LogP contribution in [0, 0.1) is 0 Å². The number of nitrogens with one attached hydrogen (secondary N) is 2. The van der Waals surface area contributed by atoms with Crippen molar-refractivity contribution in [3.05, 3.63) is 6.20 Å².